The summed E-state index contributed by atoms with van der Waals surface area (Å²) in [6.07, 6.45) is 1.10. The lowest BCUT2D eigenvalue weighted by Gasteiger charge is -2.36. The van der Waals surface area contributed by atoms with Crippen molar-refractivity contribution in [3.63, 3.8) is 0 Å². The number of hydrogen-bond donors (Lipinski definition) is 1. The Kier molecular flexibility index (Phi) is 6.12. The molecule has 0 amide bonds. The van der Waals surface area contributed by atoms with Crippen LogP contribution >= 0.6 is 23.2 Å². The van der Waals surface area contributed by atoms with E-state index in [4.69, 9.17) is 27.9 Å². The molecule has 5 heteroatoms. The van der Waals surface area contributed by atoms with Crippen LogP contribution in [0.2, 0.25) is 10.0 Å². The summed E-state index contributed by atoms with van der Waals surface area (Å²) in [4.78, 5) is 2.42. The molecule has 1 fully saturated rings. The molecule has 0 radical (unpaired) electrons. The number of nitrogens with one attached hydrogen (secondary N) is 1. The molecule has 0 spiro atoms. The minimum atomic E-state index is 0.211. The van der Waals surface area contributed by atoms with Gasteiger partial charge in [0.2, 0.25) is 0 Å². The van der Waals surface area contributed by atoms with Crippen molar-refractivity contribution in [1.29, 1.82) is 0 Å². The van der Waals surface area contributed by atoms with Crippen LogP contribution < -0.4 is 5.32 Å². The Labute approximate surface area is 131 Å². The Bertz CT molecular complexity index is 442. The average Bonchev–Trinajstić information content (AvgIpc) is 2.48. The van der Waals surface area contributed by atoms with E-state index < -0.39 is 0 Å². The summed E-state index contributed by atoms with van der Waals surface area (Å²) in [5.74, 6) is 0. The summed E-state index contributed by atoms with van der Waals surface area (Å²) in [6, 6.07) is 6.10. The van der Waals surface area contributed by atoms with Crippen molar-refractivity contribution >= 4 is 23.2 Å². The monoisotopic (exact) mass is 316 g/mol. The normalized spacial score (nSPS) is 21.9. The van der Waals surface area contributed by atoms with Gasteiger partial charge in [-0.3, -0.25) is 4.90 Å². The second-order valence-electron chi connectivity index (χ2n) is 5.15. The predicted octanol–water partition coefficient (Wildman–Crippen LogP) is 2.84. The van der Waals surface area contributed by atoms with Crippen LogP contribution in [0.3, 0.4) is 0 Å². The van der Waals surface area contributed by atoms with Crippen LogP contribution in [-0.2, 0) is 11.2 Å². The summed E-state index contributed by atoms with van der Waals surface area (Å²) in [7, 11) is 1.98. The third-order valence-electron chi connectivity index (χ3n) is 3.88. The fourth-order valence-corrected chi connectivity index (χ4v) is 2.92. The van der Waals surface area contributed by atoms with Gasteiger partial charge in [0.1, 0.15) is 0 Å². The maximum Gasteiger partial charge on any atom is 0.0858 e. The summed E-state index contributed by atoms with van der Waals surface area (Å²) in [5, 5.41) is 4.58. The van der Waals surface area contributed by atoms with Crippen molar-refractivity contribution in [2.24, 2.45) is 0 Å². The van der Waals surface area contributed by atoms with Gasteiger partial charge in [0.05, 0.1) is 22.8 Å². The highest BCUT2D eigenvalue weighted by Gasteiger charge is 2.26. The minimum Gasteiger partial charge on any atom is -0.374 e. The number of morpholine rings is 1. The first-order valence-electron chi connectivity index (χ1n) is 7.09. The van der Waals surface area contributed by atoms with Gasteiger partial charge in [-0.25, -0.2) is 0 Å². The minimum absolute atomic E-state index is 0.211. The maximum absolute atomic E-state index is 6.08. The third-order valence-corrected chi connectivity index (χ3v) is 4.62. The third kappa shape index (κ3) is 4.09. The van der Waals surface area contributed by atoms with E-state index in [0.717, 1.165) is 32.7 Å². The van der Waals surface area contributed by atoms with E-state index in [1.165, 1.54) is 5.56 Å². The predicted molar refractivity (Wildman–Crippen MR) is 84.9 cm³/mol. The summed E-state index contributed by atoms with van der Waals surface area (Å²) < 4.78 is 5.93. The number of nitrogens with zero attached hydrogens (tertiary/aromatic N) is 1. The van der Waals surface area contributed by atoms with E-state index in [2.05, 4.69) is 17.1 Å². The van der Waals surface area contributed by atoms with E-state index >= 15 is 0 Å². The molecule has 20 heavy (non-hydrogen) atoms. The molecule has 0 aromatic heterocycles. The number of hydrogen-bond acceptors (Lipinski definition) is 3. The zero-order valence-electron chi connectivity index (χ0n) is 12.0. The van der Waals surface area contributed by atoms with Gasteiger partial charge in [-0.2, -0.15) is 0 Å². The van der Waals surface area contributed by atoms with Crippen LogP contribution in [0.25, 0.3) is 0 Å². The van der Waals surface area contributed by atoms with Gasteiger partial charge in [0.25, 0.3) is 0 Å². The van der Waals surface area contributed by atoms with E-state index in [9.17, 15) is 0 Å². The SMILES string of the molecule is CCN1CCOC(C(Cc2ccc(Cl)c(Cl)c2)NC)C1. The van der Waals surface area contributed by atoms with E-state index in [1.54, 1.807) is 0 Å². The number of ether oxygens (including phenoxy) is 1. The second-order valence-corrected chi connectivity index (χ2v) is 5.96. The van der Waals surface area contributed by atoms with Crippen LogP contribution in [-0.4, -0.2) is 50.3 Å². The van der Waals surface area contributed by atoms with Crippen LogP contribution in [0.5, 0.6) is 0 Å². The standard InChI is InChI=1S/C15H22Cl2N2O/c1-3-19-6-7-20-15(10-19)14(18-2)9-11-4-5-12(16)13(17)8-11/h4-5,8,14-15,18H,3,6-7,9-10H2,1-2H3. The summed E-state index contributed by atoms with van der Waals surface area (Å²) >= 11 is 12.0. The highest BCUT2D eigenvalue weighted by atomic mass is 35.5. The van der Waals surface area contributed by atoms with Crippen LogP contribution in [0.1, 0.15) is 12.5 Å². The van der Waals surface area contributed by atoms with Gasteiger partial charge in [-0.1, -0.05) is 36.2 Å². The van der Waals surface area contributed by atoms with Gasteiger partial charge in [0, 0.05) is 19.1 Å². The molecule has 0 saturated carbocycles. The Morgan fingerprint density at radius 3 is 2.85 bits per heavy atom. The van der Waals surface area contributed by atoms with Crippen molar-refractivity contribution < 1.29 is 4.74 Å². The number of rotatable bonds is 5. The molecule has 1 aromatic rings. The Hall–Kier alpha value is -0.320. The van der Waals surface area contributed by atoms with Crippen LogP contribution in [0, 0.1) is 0 Å². The molecule has 1 heterocycles. The second kappa shape index (κ2) is 7.62. The van der Waals surface area contributed by atoms with Crippen molar-refractivity contribution in [3.05, 3.63) is 33.8 Å². The molecule has 1 aliphatic rings. The number of halogens is 2. The summed E-state index contributed by atoms with van der Waals surface area (Å²) in [6.45, 7) is 6.07. The maximum atomic E-state index is 6.08. The molecular weight excluding hydrogens is 295 g/mol. The first kappa shape index (κ1) is 16.1. The fraction of sp³-hybridized carbons (Fsp3) is 0.600. The van der Waals surface area contributed by atoms with Gasteiger partial charge in [-0.15, -0.1) is 0 Å². The molecule has 0 bridgehead atoms. The topological polar surface area (TPSA) is 24.5 Å². The quantitative estimate of drug-likeness (QED) is 0.904. The first-order valence-corrected chi connectivity index (χ1v) is 7.84. The molecule has 1 aromatic carbocycles. The van der Waals surface area contributed by atoms with Crippen molar-refractivity contribution in [1.82, 2.24) is 10.2 Å². The zero-order chi connectivity index (χ0) is 14.5. The van der Waals surface area contributed by atoms with E-state index in [-0.39, 0.29) is 12.1 Å². The van der Waals surface area contributed by atoms with Crippen molar-refractivity contribution in [3.8, 4) is 0 Å². The smallest absolute Gasteiger partial charge is 0.0858 e. The Morgan fingerprint density at radius 1 is 1.40 bits per heavy atom. The van der Waals surface area contributed by atoms with Crippen LogP contribution in [0.4, 0.5) is 0 Å². The number of benzene rings is 1. The highest BCUT2D eigenvalue weighted by molar-refractivity contribution is 6.42. The molecule has 1 aliphatic heterocycles. The molecule has 2 rings (SSSR count). The Balaban J connectivity index is 2.02. The van der Waals surface area contributed by atoms with Gasteiger partial charge >= 0.3 is 0 Å². The summed E-state index contributed by atoms with van der Waals surface area (Å²) in [5.41, 5.74) is 1.18. The molecular formula is C15H22Cl2N2O. The van der Waals surface area contributed by atoms with E-state index in [1.807, 2.05) is 25.2 Å². The first-order chi connectivity index (χ1) is 9.63. The Morgan fingerprint density at radius 2 is 2.20 bits per heavy atom. The van der Waals surface area contributed by atoms with Crippen molar-refractivity contribution in [2.45, 2.75) is 25.5 Å². The van der Waals surface area contributed by atoms with Gasteiger partial charge in [0.15, 0.2) is 0 Å². The van der Waals surface area contributed by atoms with E-state index in [0.29, 0.717) is 10.0 Å². The van der Waals surface area contributed by atoms with Crippen LogP contribution in [0.15, 0.2) is 18.2 Å². The largest absolute Gasteiger partial charge is 0.374 e. The molecule has 2 unspecified atom stereocenters. The highest BCUT2D eigenvalue weighted by Crippen LogP contribution is 2.24. The molecule has 112 valence electrons. The lowest BCUT2D eigenvalue weighted by molar-refractivity contribution is -0.0436. The van der Waals surface area contributed by atoms with Gasteiger partial charge in [-0.05, 0) is 37.7 Å². The lowest BCUT2D eigenvalue weighted by atomic mass is 10.00. The molecule has 1 saturated heterocycles. The zero-order valence-corrected chi connectivity index (χ0v) is 13.5. The molecule has 2 atom stereocenters. The molecule has 3 nitrogen and oxygen atoms in total. The van der Waals surface area contributed by atoms with Crippen molar-refractivity contribution in [2.75, 3.05) is 33.3 Å². The average molecular weight is 317 g/mol. The molecule has 1 N–H and O–H groups in total. The molecule has 0 aliphatic carbocycles. The lowest BCUT2D eigenvalue weighted by Crippen LogP contribution is -2.52. The fourth-order valence-electron chi connectivity index (χ4n) is 2.60. The van der Waals surface area contributed by atoms with Gasteiger partial charge < -0.3 is 10.1 Å². The number of likely N-dealkylation sites (N-methyl/N-ethyl adjacent to an activating group) is 2.